The average molecular weight is 255 g/mol. The Labute approximate surface area is 107 Å². The van der Waals surface area contributed by atoms with Gasteiger partial charge in [-0.3, -0.25) is 4.79 Å². The quantitative estimate of drug-likeness (QED) is 0.815. The van der Waals surface area contributed by atoms with E-state index in [4.69, 9.17) is 5.73 Å². The van der Waals surface area contributed by atoms with Gasteiger partial charge in [0.05, 0.1) is 5.54 Å². The van der Waals surface area contributed by atoms with Crippen LogP contribution in [0, 0.1) is 5.92 Å². The van der Waals surface area contributed by atoms with Gasteiger partial charge in [0.15, 0.2) is 0 Å². The summed E-state index contributed by atoms with van der Waals surface area (Å²) in [6.45, 7) is 6.54. The molecule has 3 N–H and O–H groups in total. The summed E-state index contributed by atoms with van der Waals surface area (Å²) < 4.78 is 0. The zero-order chi connectivity index (χ0) is 12.9. The van der Waals surface area contributed by atoms with Crippen molar-refractivity contribution >= 4 is 17.2 Å². The van der Waals surface area contributed by atoms with Gasteiger partial charge in [-0.15, -0.1) is 11.3 Å². The Morgan fingerprint density at radius 3 is 2.82 bits per heavy atom. The van der Waals surface area contributed by atoms with Crippen molar-refractivity contribution in [1.29, 1.82) is 0 Å². The monoisotopic (exact) mass is 255 g/mol. The molecule has 5 heteroatoms. The van der Waals surface area contributed by atoms with Crippen LogP contribution in [-0.2, 0) is 10.3 Å². The first kappa shape index (κ1) is 14.1. The molecular weight excluding hydrogens is 234 g/mol. The van der Waals surface area contributed by atoms with Gasteiger partial charge in [-0.05, 0) is 26.3 Å². The molecule has 1 heterocycles. The zero-order valence-corrected chi connectivity index (χ0v) is 11.5. The summed E-state index contributed by atoms with van der Waals surface area (Å²) in [7, 11) is 0. The molecule has 0 aliphatic rings. The van der Waals surface area contributed by atoms with E-state index in [-0.39, 0.29) is 11.8 Å². The highest BCUT2D eigenvalue weighted by Gasteiger charge is 2.26. The number of thiazole rings is 1. The molecule has 0 saturated carbocycles. The van der Waals surface area contributed by atoms with Gasteiger partial charge in [-0.25, -0.2) is 4.98 Å². The third-order valence-electron chi connectivity index (χ3n) is 2.80. The normalized spacial score (nSPS) is 13.4. The van der Waals surface area contributed by atoms with Crippen LogP contribution in [-0.4, -0.2) is 17.4 Å². The Balaban J connectivity index is 2.56. The van der Waals surface area contributed by atoms with Crippen molar-refractivity contribution in [2.75, 3.05) is 6.54 Å². The minimum absolute atomic E-state index is 0.0440. The van der Waals surface area contributed by atoms with Crippen molar-refractivity contribution in [3.63, 3.8) is 0 Å². The summed E-state index contributed by atoms with van der Waals surface area (Å²) in [6, 6.07) is 0. The third kappa shape index (κ3) is 4.09. The molecule has 1 atom stereocenters. The number of amides is 1. The van der Waals surface area contributed by atoms with Gasteiger partial charge >= 0.3 is 0 Å². The fourth-order valence-electron chi connectivity index (χ4n) is 1.64. The molecular formula is C12H21N3OS. The predicted molar refractivity (Wildman–Crippen MR) is 70.7 cm³/mol. The number of aromatic nitrogens is 1. The number of nitrogens with one attached hydrogen (secondary N) is 1. The topological polar surface area (TPSA) is 68.0 Å². The van der Waals surface area contributed by atoms with Gasteiger partial charge in [-0.2, -0.15) is 0 Å². The summed E-state index contributed by atoms with van der Waals surface area (Å²) in [4.78, 5) is 16.1. The fraction of sp³-hybridized carbons (Fsp3) is 0.667. The van der Waals surface area contributed by atoms with Crippen LogP contribution in [0.2, 0.25) is 0 Å². The Bertz CT molecular complexity index is 345. The number of hydrogen-bond donors (Lipinski definition) is 2. The summed E-state index contributed by atoms with van der Waals surface area (Å²) >= 11 is 1.55. The maximum Gasteiger partial charge on any atom is 0.221 e. The van der Waals surface area contributed by atoms with E-state index in [0.29, 0.717) is 13.0 Å². The van der Waals surface area contributed by atoms with Crippen molar-refractivity contribution in [1.82, 2.24) is 10.3 Å². The second-order valence-corrected chi connectivity index (χ2v) is 5.62. The lowest BCUT2D eigenvalue weighted by molar-refractivity contribution is -0.123. The van der Waals surface area contributed by atoms with Crippen LogP contribution >= 0.6 is 11.3 Å². The summed E-state index contributed by atoms with van der Waals surface area (Å²) in [5.74, 6) is 0.310. The van der Waals surface area contributed by atoms with Crippen molar-refractivity contribution < 1.29 is 4.79 Å². The van der Waals surface area contributed by atoms with Crippen LogP contribution in [0.4, 0.5) is 0 Å². The minimum Gasteiger partial charge on any atom is -0.345 e. The lowest BCUT2D eigenvalue weighted by atomic mass is 10.0. The van der Waals surface area contributed by atoms with E-state index in [1.54, 1.807) is 17.5 Å². The second kappa shape index (κ2) is 6.12. The number of rotatable bonds is 6. The molecule has 96 valence electrons. The average Bonchev–Trinajstić information content (AvgIpc) is 2.79. The Hall–Kier alpha value is -0.940. The van der Waals surface area contributed by atoms with Crippen molar-refractivity contribution in [2.24, 2.45) is 11.7 Å². The molecule has 4 nitrogen and oxygen atoms in total. The van der Waals surface area contributed by atoms with Crippen LogP contribution in [0.1, 0.15) is 38.6 Å². The molecule has 0 radical (unpaired) electrons. The number of hydrogen-bond acceptors (Lipinski definition) is 4. The maximum absolute atomic E-state index is 11.9. The largest absolute Gasteiger partial charge is 0.345 e. The van der Waals surface area contributed by atoms with Crippen molar-refractivity contribution in [2.45, 2.75) is 39.2 Å². The SMILES string of the molecule is CCC(CN)CC(=O)NC(C)(C)c1nccs1. The maximum atomic E-state index is 11.9. The molecule has 1 amide bonds. The van der Waals surface area contributed by atoms with Crippen molar-refractivity contribution in [3.05, 3.63) is 16.6 Å². The molecule has 0 spiro atoms. The van der Waals surface area contributed by atoms with Gasteiger partial charge in [0.1, 0.15) is 5.01 Å². The molecule has 0 saturated heterocycles. The summed E-state index contributed by atoms with van der Waals surface area (Å²) in [6.07, 6.45) is 3.17. The second-order valence-electron chi connectivity index (χ2n) is 4.72. The highest BCUT2D eigenvalue weighted by molar-refractivity contribution is 7.09. The molecule has 0 aliphatic carbocycles. The zero-order valence-electron chi connectivity index (χ0n) is 10.7. The Morgan fingerprint density at radius 2 is 2.35 bits per heavy atom. The van der Waals surface area contributed by atoms with Gasteiger partial charge in [-0.1, -0.05) is 13.3 Å². The lowest BCUT2D eigenvalue weighted by Gasteiger charge is -2.25. The first-order valence-electron chi connectivity index (χ1n) is 5.90. The minimum atomic E-state index is -0.405. The van der Waals surface area contributed by atoms with Crippen LogP contribution in [0.3, 0.4) is 0 Å². The molecule has 1 rings (SSSR count). The van der Waals surface area contributed by atoms with Gasteiger partial charge in [0.25, 0.3) is 0 Å². The number of carbonyl (C=O) groups is 1. The number of carbonyl (C=O) groups excluding carboxylic acids is 1. The van der Waals surface area contributed by atoms with E-state index in [0.717, 1.165) is 11.4 Å². The lowest BCUT2D eigenvalue weighted by Crippen LogP contribution is -2.42. The molecule has 0 bridgehead atoms. The van der Waals surface area contributed by atoms with Crippen LogP contribution < -0.4 is 11.1 Å². The molecule has 0 fully saturated rings. The standard InChI is InChI=1S/C12H21N3OS/c1-4-9(8-13)7-10(16)15-12(2,3)11-14-5-6-17-11/h5-6,9H,4,7-8,13H2,1-3H3,(H,15,16). The van der Waals surface area contributed by atoms with Crippen LogP contribution in [0.5, 0.6) is 0 Å². The van der Waals surface area contributed by atoms with E-state index in [1.165, 1.54) is 0 Å². The molecule has 0 aliphatic heterocycles. The van der Waals surface area contributed by atoms with E-state index in [1.807, 2.05) is 19.2 Å². The first-order valence-corrected chi connectivity index (χ1v) is 6.78. The molecule has 1 aromatic rings. The van der Waals surface area contributed by atoms with E-state index >= 15 is 0 Å². The molecule has 0 aromatic carbocycles. The van der Waals surface area contributed by atoms with E-state index in [9.17, 15) is 4.79 Å². The van der Waals surface area contributed by atoms with Gasteiger partial charge < -0.3 is 11.1 Å². The van der Waals surface area contributed by atoms with Crippen molar-refractivity contribution in [3.8, 4) is 0 Å². The number of nitrogens with zero attached hydrogens (tertiary/aromatic N) is 1. The molecule has 1 aromatic heterocycles. The van der Waals surface area contributed by atoms with Crippen LogP contribution in [0.15, 0.2) is 11.6 Å². The predicted octanol–water partition coefficient (Wildman–Crippen LogP) is 1.87. The smallest absolute Gasteiger partial charge is 0.221 e. The highest BCUT2D eigenvalue weighted by atomic mass is 32.1. The fourth-order valence-corrected chi connectivity index (χ4v) is 2.36. The first-order chi connectivity index (χ1) is 7.99. The van der Waals surface area contributed by atoms with Gasteiger partial charge in [0, 0.05) is 18.0 Å². The summed E-state index contributed by atoms with van der Waals surface area (Å²) in [5.41, 5.74) is 5.20. The third-order valence-corrected chi connectivity index (χ3v) is 3.90. The molecule has 1 unspecified atom stereocenters. The Morgan fingerprint density at radius 1 is 1.65 bits per heavy atom. The van der Waals surface area contributed by atoms with E-state index in [2.05, 4.69) is 17.2 Å². The van der Waals surface area contributed by atoms with Crippen LogP contribution in [0.25, 0.3) is 0 Å². The highest BCUT2D eigenvalue weighted by Crippen LogP contribution is 2.22. The Kier molecular flexibility index (Phi) is 5.08. The number of nitrogens with two attached hydrogens (primary N) is 1. The summed E-state index contributed by atoms with van der Waals surface area (Å²) in [5, 5.41) is 5.85. The van der Waals surface area contributed by atoms with E-state index < -0.39 is 5.54 Å². The molecule has 17 heavy (non-hydrogen) atoms. The van der Waals surface area contributed by atoms with Gasteiger partial charge in [0.2, 0.25) is 5.91 Å².